The normalized spacial score (nSPS) is 15.9. The molecule has 0 spiro atoms. The van der Waals surface area contributed by atoms with Gasteiger partial charge in [-0.15, -0.1) is 11.3 Å². The molecule has 18 heavy (non-hydrogen) atoms. The average Bonchev–Trinajstić information content (AvgIpc) is 3.02. The molecule has 0 aliphatic heterocycles. The molecule has 2 aromatic heterocycles. The smallest absolute Gasteiger partial charge is 0.131 e. The minimum absolute atomic E-state index is 0.0675. The van der Waals surface area contributed by atoms with Crippen molar-refractivity contribution in [3.8, 4) is 0 Å². The van der Waals surface area contributed by atoms with E-state index in [1.165, 1.54) is 34.6 Å². The van der Waals surface area contributed by atoms with Gasteiger partial charge < -0.3 is 10.3 Å². The van der Waals surface area contributed by atoms with Crippen LogP contribution >= 0.6 is 11.3 Å². The van der Waals surface area contributed by atoms with Gasteiger partial charge >= 0.3 is 0 Å². The van der Waals surface area contributed by atoms with E-state index in [9.17, 15) is 0 Å². The van der Waals surface area contributed by atoms with Crippen LogP contribution in [-0.4, -0.2) is 9.55 Å². The number of nitrogens with two attached hydrogens (primary N) is 1. The van der Waals surface area contributed by atoms with Gasteiger partial charge in [0.1, 0.15) is 5.82 Å². The topological polar surface area (TPSA) is 43.8 Å². The van der Waals surface area contributed by atoms with Crippen LogP contribution in [0, 0.1) is 0 Å². The molecule has 0 radical (unpaired) electrons. The fraction of sp³-hybridized carbons (Fsp3) is 0.500. The molecular weight excluding hydrogens is 242 g/mol. The summed E-state index contributed by atoms with van der Waals surface area (Å²) < 4.78 is 2.18. The molecule has 1 aliphatic rings. The van der Waals surface area contributed by atoms with Gasteiger partial charge in [0.15, 0.2) is 0 Å². The van der Waals surface area contributed by atoms with Crippen LogP contribution in [0.3, 0.4) is 0 Å². The molecule has 1 atom stereocenters. The Morgan fingerprint density at radius 1 is 1.50 bits per heavy atom. The molecule has 0 saturated heterocycles. The molecule has 96 valence electrons. The molecule has 1 unspecified atom stereocenters. The number of rotatable bonds is 4. The first-order chi connectivity index (χ1) is 8.79. The molecular formula is C14H19N3S. The van der Waals surface area contributed by atoms with E-state index in [0.29, 0.717) is 0 Å². The van der Waals surface area contributed by atoms with Gasteiger partial charge in [0, 0.05) is 28.7 Å². The molecule has 0 aromatic carbocycles. The van der Waals surface area contributed by atoms with Gasteiger partial charge in [0.2, 0.25) is 0 Å². The van der Waals surface area contributed by atoms with Gasteiger partial charge in [-0.05, 0) is 37.3 Å². The van der Waals surface area contributed by atoms with Crippen molar-refractivity contribution in [2.45, 2.75) is 45.2 Å². The van der Waals surface area contributed by atoms with Crippen LogP contribution in [0.25, 0.3) is 0 Å². The molecule has 1 aliphatic carbocycles. The molecule has 0 fully saturated rings. The summed E-state index contributed by atoms with van der Waals surface area (Å²) in [6.45, 7) is 3.17. The van der Waals surface area contributed by atoms with E-state index in [1.807, 2.05) is 23.7 Å². The first-order valence-electron chi connectivity index (χ1n) is 6.67. The van der Waals surface area contributed by atoms with E-state index in [1.54, 1.807) is 0 Å². The quantitative estimate of drug-likeness (QED) is 0.919. The highest BCUT2D eigenvalue weighted by atomic mass is 32.1. The van der Waals surface area contributed by atoms with Crippen LogP contribution in [0.15, 0.2) is 18.5 Å². The van der Waals surface area contributed by atoms with E-state index in [-0.39, 0.29) is 6.04 Å². The van der Waals surface area contributed by atoms with Crippen LogP contribution < -0.4 is 5.73 Å². The van der Waals surface area contributed by atoms with Crippen molar-refractivity contribution in [2.24, 2.45) is 5.73 Å². The summed E-state index contributed by atoms with van der Waals surface area (Å²) in [4.78, 5) is 7.24. The number of thiophene rings is 1. The van der Waals surface area contributed by atoms with E-state index < -0.39 is 0 Å². The Hall–Kier alpha value is -1.13. The number of aromatic nitrogens is 2. The standard InChI is InChI=1S/C14H19N3S/c1-2-7-17-8-6-16-14(17)13(15)12-9-10-4-3-5-11(10)18-12/h6,8-9,13H,2-5,7,15H2,1H3. The van der Waals surface area contributed by atoms with Crippen LogP contribution in [0.5, 0.6) is 0 Å². The van der Waals surface area contributed by atoms with Crippen molar-refractivity contribution in [3.63, 3.8) is 0 Å². The second-order valence-electron chi connectivity index (χ2n) is 4.91. The van der Waals surface area contributed by atoms with E-state index in [4.69, 9.17) is 5.73 Å². The van der Waals surface area contributed by atoms with Gasteiger partial charge in [0.05, 0.1) is 6.04 Å². The zero-order valence-electron chi connectivity index (χ0n) is 10.7. The van der Waals surface area contributed by atoms with Crippen molar-refractivity contribution < 1.29 is 0 Å². The summed E-state index contributed by atoms with van der Waals surface area (Å²) >= 11 is 1.88. The first kappa shape index (κ1) is 11.9. The number of aryl methyl sites for hydroxylation is 3. The van der Waals surface area contributed by atoms with Crippen LogP contribution in [0.4, 0.5) is 0 Å². The Bertz CT molecular complexity index is 519. The van der Waals surface area contributed by atoms with Crippen molar-refractivity contribution in [2.75, 3.05) is 0 Å². The highest BCUT2D eigenvalue weighted by Crippen LogP contribution is 2.34. The third-order valence-corrected chi connectivity index (χ3v) is 4.88. The largest absolute Gasteiger partial charge is 0.333 e. The summed E-state index contributed by atoms with van der Waals surface area (Å²) in [5.74, 6) is 0.997. The molecule has 4 heteroatoms. The molecule has 3 nitrogen and oxygen atoms in total. The third-order valence-electron chi connectivity index (χ3n) is 3.56. The first-order valence-corrected chi connectivity index (χ1v) is 7.49. The van der Waals surface area contributed by atoms with Gasteiger partial charge in [-0.2, -0.15) is 0 Å². The predicted octanol–water partition coefficient (Wildman–Crippen LogP) is 2.89. The second-order valence-corrected chi connectivity index (χ2v) is 6.08. The van der Waals surface area contributed by atoms with Gasteiger partial charge in [0.25, 0.3) is 0 Å². The van der Waals surface area contributed by atoms with Gasteiger partial charge in [-0.3, -0.25) is 0 Å². The fourth-order valence-electron chi connectivity index (χ4n) is 2.66. The van der Waals surface area contributed by atoms with E-state index in [2.05, 4.69) is 22.5 Å². The Morgan fingerprint density at radius 2 is 2.39 bits per heavy atom. The number of hydrogen-bond donors (Lipinski definition) is 1. The lowest BCUT2D eigenvalue weighted by Gasteiger charge is -2.12. The highest BCUT2D eigenvalue weighted by molar-refractivity contribution is 7.12. The minimum atomic E-state index is -0.0675. The Kier molecular flexibility index (Phi) is 3.22. The maximum absolute atomic E-state index is 6.38. The molecule has 0 amide bonds. The summed E-state index contributed by atoms with van der Waals surface area (Å²) in [7, 11) is 0. The maximum atomic E-state index is 6.38. The Morgan fingerprint density at radius 3 is 3.17 bits per heavy atom. The fourth-order valence-corrected chi connectivity index (χ4v) is 3.92. The molecule has 0 saturated carbocycles. The summed E-state index contributed by atoms with van der Waals surface area (Å²) in [6, 6.07) is 2.23. The molecule has 2 aromatic rings. The summed E-state index contributed by atoms with van der Waals surface area (Å²) in [5.41, 5.74) is 7.89. The molecule has 2 heterocycles. The monoisotopic (exact) mass is 261 g/mol. The summed E-state index contributed by atoms with van der Waals surface area (Å²) in [6.07, 6.45) is 8.75. The lowest BCUT2D eigenvalue weighted by Crippen LogP contribution is -2.16. The zero-order valence-corrected chi connectivity index (χ0v) is 11.5. The molecule has 3 rings (SSSR count). The van der Waals surface area contributed by atoms with E-state index in [0.717, 1.165) is 18.8 Å². The Labute approximate surface area is 112 Å². The van der Waals surface area contributed by atoms with Crippen molar-refractivity contribution in [3.05, 3.63) is 39.6 Å². The van der Waals surface area contributed by atoms with Crippen molar-refractivity contribution in [1.29, 1.82) is 0 Å². The number of imidazole rings is 1. The molecule has 2 N–H and O–H groups in total. The SMILES string of the molecule is CCCn1ccnc1C(N)c1cc2c(s1)CCC2. The lowest BCUT2D eigenvalue weighted by atomic mass is 10.2. The summed E-state index contributed by atoms with van der Waals surface area (Å²) in [5, 5.41) is 0. The second kappa shape index (κ2) is 4.86. The van der Waals surface area contributed by atoms with E-state index >= 15 is 0 Å². The highest BCUT2D eigenvalue weighted by Gasteiger charge is 2.21. The number of hydrogen-bond acceptors (Lipinski definition) is 3. The van der Waals surface area contributed by atoms with Crippen molar-refractivity contribution >= 4 is 11.3 Å². The third kappa shape index (κ3) is 1.99. The van der Waals surface area contributed by atoms with Crippen LogP contribution in [-0.2, 0) is 19.4 Å². The minimum Gasteiger partial charge on any atom is -0.333 e. The van der Waals surface area contributed by atoms with Crippen LogP contribution in [0.2, 0.25) is 0 Å². The number of fused-ring (bicyclic) bond motifs is 1. The predicted molar refractivity (Wildman–Crippen MR) is 74.9 cm³/mol. The lowest BCUT2D eigenvalue weighted by molar-refractivity contribution is 0.616. The zero-order chi connectivity index (χ0) is 12.5. The van der Waals surface area contributed by atoms with Gasteiger partial charge in [-0.1, -0.05) is 6.92 Å². The van der Waals surface area contributed by atoms with Crippen molar-refractivity contribution in [1.82, 2.24) is 9.55 Å². The van der Waals surface area contributed by atoms with Crippen LogP contribution in [0.1, 0.15) is 46.9 Å². The maximum Gasteiger partial charge on any atom is 0.131 e. The van der Waals surface area contributed by atoms with Gasteiger partial charge in [-0.25, -0.2) is 4.98 Å². The number of nitrogens with zero attached hydrogens (tertiary/aromatic N) is 2. The average molecular weight is 261 g/mol. The molecule has 0 bridgehead atoms. The Balaban J connectivity index is 1.88.